The fraction of sp³-hybridized carbons (Fsp3) is 0.333. The molecule has 0 saturated heterocycles. The molecule has 1 N–H and O–H groups in total. The lowest BCUT2D eigenvalue weighted by Gasteiger charge is -2.08. The smallest absolute Gasteiger partial charge is 0.306 e. The molecular weight excluding hydrogens is 270 g/mol. The number of carbonyl (C=O) groups is 1. The number of aromatic nitrogens is 4. The van der Waals surface area contributed by atoms with E-state index in [4.69, 9.17) is 5.11 Å². The summed E-state index contributed by atoms with van der Waals surface area (Å²) < 4.78 is 27.8. The molecule has 1 unspecified atom stereocenters. The lowest BCUT2D eigenvalue weighted by atomic mass is 10.1. The Morgan fingerprint density at radius 3 is 2.85 bits per heavy atom. The Bertz CT molecular complexity index is 630. The van der Waals surface area contributed by atoms with Crippen LogP contribution in [0.2, 0.25) is 0 Å². The van der Waals surface area contributed by atoms with Crippen molar-refractivity contribution in [3.8, 4) is 11.4 Å². The zero-order chi connectivity index (χ0) is 14.7. The van der Waals surface area contributed by atoms with Gasteiger partial charge in [-0.3, -0.25) is 4.79 Å². The van der Waals surface area contributed by atoms with Crippen LogP contribution in [0.5, 0.6) is 0 Å². The topological polar surface area (TPSA) is 80.9 Å². The summed E-state index contributed by atoms with van der Waals surface area (Å²) in [6.07, 6.45) is 0.302. The minimum Gasteiger partial charge on any atom is -0.481 e. The molecule has 0 fully saturated rings. The first-order valence-electron chi connectivity index (χ1n) is 5.93. The first kappa shape index (κ1) is 14.0. The van der Waals surface area contributed by atoms with E-state index >= 15 is 0 Å². The van der Waals surface area contributed by atoms with Crippen molar-refractivity contribution < 1.29 is 18.7 Å². The first-order valence-corrected chi connectivity index (χ1v) is 5.93. The minimum absolute atomic E-state index is 0.0689. The van der Waals surface area contributed by atoms with E-state index in [1.54, 1.807) is 6.92 Å². The summed E-state index contributed by atoms with van der Waals surface area (Å²) in [5, 5.41) is 19.6. The summed E-state index contributed by atoms with van der Waals surface area (Å²) >= 11 is 0. The fourth-order valence-corrected chi connectivity index (χ4v) is 1.66. The molecular formula is C12H12F2N4O2. The highest BCUT2D eigenvalue weighted by atomic mass is 19.1. The summed E-state index contributed by atoms with van der Waals surface area (Å²) in [5.41, 5.74) is 0.0689. The number of hydrogen-bond acceptors (Lipinski definition) is 4. The molecule has 6 nitrogen and oxygen atoms in total. The number of hydrogen-bond donors (Lipinski definition) is 1. The highest BCUT2D eigenvalue weighted by Crippen LogP contribution is 2.21. The molecule has 0 bridgehead atoms. The quantitative estimate of drug-likeness (QED) is 0.903. The van der Waals surface area contributed by atoms with E-state index in [1.165, 1.54) is 10.7 Å². The molecule has 106 valence electrons. The van der Waals surface area contributed by atoms with Gasteiger partial charge in [-0.25, -0.2) is 13.5 Å². The lowest BCUT2D eigenvalue weighted by Crippen LogP contribution is -2.14. The van der Waals surface area contributed by atoms with E-state index in [2.05, 4.69) is 15.5 Å². The molecule has 8 heteroatoms. The van der Waals surface area contributed by atoms with Crippen LogP contribution < -0.4 is 0 Å². The van der Waals surface area contributed by atoms with E-state index in [0.717, 1.165) is 12.1 Å². The number of aryl methyl sites for hydroxylation is 1. The van der Waals surface area contributed by atoms with Crippen LogP contribution in [0, 0.1) is 17.6 Å². The van der Waals surface area contributed by atoms with Crippen molar-refractivity contribution in [2.75, 3.05) is 0 Å². The van der Waals surface area contributed by atoms with Gasteiger partial charge >= 0.3 is 5.97 Å². The van der Waals surface area contributed by atoms with Crippen molar-refractivity contribution in [2.24, 2.45) is 5.92 Å². The predicted octanol–water partition coefficient (Wildman–Crippen LogP) is 1.73. The summed E-state index contributed by atoms with van der Waals surface area (Å²) in [7, 11) is 0. The molecule has 0 amide bonds. The maximum atomic E-state index is 13.7. The van der Waals surface area contributed by atoms with Gasteiger partial charge in [-0.05, 0) is 29.0 Å². The van der Waals surface area contributed by atoms with Gasteiger partial charge in [-0.15, -0.1) is 5.10 Å². The van der Waals surface area contributed by atoms with Crippen LogP contribution in [0.3, 0.4) is 0 Å². The number of carboxylic acid groups (broad SMARTS) is 1. The third kappa shape index (κ3) is 2.95. The largest absolute Gasteiger partial charge is 0.481 e. The van der Waals surface area contributed by atoms with Crippen molar-refractivity contribution in [3.63, 3.8) is 0 Å². The van der Waals surface area contributed by atoms with E-state index in [9.17, 15) is 13.6 Å². The molecule has 1 heterocycles. The number of halogens is 2. The second-order valence-corrected chi connectivity index (χ2v) is 4.38. The van der Waals surface area contributed by atoms with Crippen LogP contribution in [0.15, 0.2) is 18.2 Å². The Balaban J connectivity index is 2.22. The number of nitrogens with zero attached hydrogens (tertiary/aromatic N) is 4. The average molecular weight is 282 g/mol. The van der Waals surface area contributed by atoms with Gasteiger partial charge in [-0.2, -0.15) is 0 Å². The van der Waals surface area contributed by atoms with Gasteiger partial charge in [0.25, 0.3) is 0 Å². The second kappa shape index (κ2) is 5.72. The van der Waals surface area contributed by atoms with Gasteiger partial charge in [-0.1, -0.05) is 6.92 Å². The van der Waals surface area contributed by atoms with Gasteiger partial charge in [0.05, 0.1) is 11.5 Å². The Morgan fingerprint density at radius 2 is 2.20 bits per heavy atom. The third-order valence-electron chi connectivity index (χ3n) is 2.90. The van der Waals surface area contributed by atoms with Crippen LogP contribution >= 0.6 is 0 Å². The number of carboxylic acids is 1. The van der Waals surface area contributed by atoms with E-state index in [1.807, 2.05) is 0 Å². The summed E-state index contributed by atoms with van der Waals surface area (Å²) in [5.74, 6) is -2.81. The van der Waals surface area contributed by atoms with Crippen LogP contribution in [0.25, 0.3) is 11.4 Å². The van der Waals surface area contributed by atoms with Crippen LogP contribution in [0.4, 0.5) is 8.78 Å². The molecule has 0 aliphatic rings. The van der Waals surface area contributed by atoms with Crippen LogP contribution in [-0.4, -0.2) is 31.3 Å². The highest BCUT2D eigenvalue weighted by molar-refractivity contribution is 5.69. The van der Waals surface area contributed by atoms with Crippen molar-refractivity contribution >= 4 is 5.97 Å². The van der Waals surface area contributed by atoms with Crippen molar-refractivity contribution in [3.05, 3.63) is 29.8 Å². The van der Waals surface area contributed by atoms with Gasteiger partial charge < -0.3 is 5.11 Å². The molecule has 0 aliphatic heterocycles. The maximum Gasteiger partial charge on any atom is 0.306 e. The van der Waals surface area contributed by atoms with Crippen molar-refractivity contribution in [1.82, 2.24) is 20.2 Å². The molecule has 20 heavy (non-hydrogen) atoms. The molecule has 2 rings (SSSR count). The standard InChI is InChI=1S/C12H12F2N4O2/c1-7(12(19)20)4-5-18-11(15-16-17-18)9-3-2-8(13)6-10(9)14/h2-3,6-7H,4-5H2,1H3,(H,19,20). The Labute approximate surface area is 113 Å². The third-order valence-corrected chi connectivity index (χ3v) is 2.90. The molecule has 1 aromatic carbocycles. The molecule has 0 spiro atoms. The number of tetrazole rings is 1. The van der Waals surface area contributed by atoms with Crippen LogP contribution in [-0.2, 0) is 11.3 Å². The number of benzene rings is 1. The summed E-state index contributed by atoms with van der Waals surface area (Å²) in [4.78, 5) is 10.7. The molecule has 0 aliphatic carbocycles. The average Bonchev–Trinajstić information content (AvgIpc) is 2.84. The summed E-state index contributed by atoms with van der Waals surface area (Å²) in [6.45, 7) is 1.79. The Hall–Kier alpha value is -2.38. The summed E-state index contributed by atoms with van der Waals surface area (Å²) in [6, 6.07) is 3.10. The predicted molar refractivity (Wildman–Crippen MR) is 64.6 cm³/mol. The van der Waals surface area contributed by atoms with Crippen molar-refractivity contribution in [2.45, 2.75) is 19.9 Å². The number of aliphatic carboxylic acids is 1. The normalized spacial score (nSPS) is 12.3. The second-order valence-electron chi connectivity index (χ2n) is 4.38. The molecule has 1 atom stereocenters. The van der Waals surface area contributed by atoms with Crippen LogP contribution in [0.1, 0.15) is 13.3 Å². The SMILES string of the molecule is CC(CCn1nnnc1-c1ccc(F)cc1F)C(=O)O. The Morgan fingerprint density at radius 1 is 1.45 bits per heavy atom. The Kier molecular flexibility index (Phi) is 4.02. The lowest BCUT2D eigenvalue weighted by molar-refractivity contribution is -0.141. The fourth-order valence-electron chi connectivity index (χ4n) is 1.66. The zero-order valence-corrected chi connectivity index (χ0v) is 10.6. The monoisotopic (exact) mass is 282 g/mol. The highest BCUT2D eigenvalue weighted by Gasteiger charge is 2.16. The molecule has 0 radical (unpaired) electrons. The van der Waals surface area contributed by atoms with Gasteiger partial charge in [0.15, 0.2) is 5.82 Å². The van der Waals surface area contributed by atoms with E-state index in [0.29, 0.717) is 6.42 Å². The maximum absolute atomic E-state index is 13.7. The minimum atomic E-state index is -0.924. The van der Waals surface area contributed by atoms with Crippen molar-refractivity contribution in [1.29, 1.82) is 0 Å². The molecule has 1 aromatic heterocycles. The molecule has 2 aromatic rings. The first-order chi connectivity index (χ1) is 9.49. The number of rotatable bonds is 5. The van der Waals surface area contributed by atoms with Gasteiger partial charge in [0, 0.05) is 12.6 Å². The van der Waals surface area contributed by atoms with Gasteiger partial charge in [0.1, 0.15) is 11.6 Å². The molecule has 0 saturated carbocycles. The zero-order valence-electron chi connectivity index (χ0n) is 10.6. The van der Waals surface area contributed by atoms with Gasteiger partial charge in [0.2, 0.25) is 0 Å². The van der Waals surface area contributed by atoms with E-state index < -0.39 is 23.5 Å². The van der Waals surface area contributed by atoms with E-state index in [-0.39, 0.29) is 17.9 Å².